The highest BCUT2D eigenvalue weighted by atomic mass is 32.2. The van der Waals surface area contributed by atoms with Crippen molar-refractivity contribution in [2.24, 2.45) is 0 Å². The second-order valence-electron chi connectivity index (χ2n) is 21.6. The summed E-state index contributed by atoms with van der Waals surface area (Å²) < 4.78 is 0. The van der Waals surface area contributed by atoms with Crippen LogP contribution in [0, 0.1) is 0 Å². The van der Waals surface area contributed by atoms with Crippen molar-refractivity contribution in [1.82, 2.24) is 0 Å². The SMILES string of the molecule is CC(C)(C)c1ccc(N2c3cc4c(cc3B3c5c(cc6ccccc6c52)-c2cccc5c2N3c2ccccc2C52c3ccccc3-c3ccccc32)Sc2ccccc2C4(C)C)c(-c2ccccc2)c1. The molecular formula is C66H49BN2S. The number of hydrogen-bond donors (Lipinski definition) is 0. The molecule has 0 unspecified atom stereocenters. The molecule has 4 heterocycles. The summed E-state index contributed by atoms with van der Waals surface area (Å²) in [4.78, 5) is 8.15. The Kier molecular flexibility index (Phi) is 8.11. The van der Waals surface area contributed by atoms with E-state index < -0.39 is 5.41 Å². The molecule has 332 valence electrons. The maximum Gasteiger partial charge on any atom is 0.333 e. The topological polar surface area (TPSA) is 6.48 Å². The molecule has 0 amide bonds. The summed E-state index contributed by atoms with van der Waals surface area (Å²) in [6.45, 7) is 11.7. The van der Waals surface area contributed by atoms with Crippen LogP contribution in [0.15, 0.2) is 216 Å². The van der Waals surface area contributed by atoms with Crippen LogP contribution in [0.5, 0.6) is 0 Å². The molecule has 5 aliphatic rings. The van der Waals surface area contributed by atoms with Crippen molar-refractivity contribution < 1.29 is 0 Å². The molecular weight excluding hydrogens is 864 g/mol. The maximum atomic E-state index is 2.78. The minimum atomic E-state index is -0.509. The molecule has 0 fully saturated rings. The number of anilines is 5. The van der Waals surface area contributed by atoms with E-state index in [9.17, 15) is 0 Å². The first-order valence-corrected chi connectivity index (χ1v) is 25.7. The predicted octanol–water partition coefficient (Wildman–Crippen LogP) is 16.0. The zero-order valence-electron chi connectivity index (χ0n) is 40.0. The average molecular weight is 913 g/mol. The van der Waals surface area contributed by atoms with Crippen molar-refractivity contribution >= 4 is 68.7 Å². The molecule has 0 radical (unpaired) electrons. The highest BCUT2D eigenvalue weighted by Crippen LogP contribution is 2.65. The van der Waals surface area contributed by atoms with Crippen LogP contribution in [-0.4, -0.2) is 6.85 Å². The van der Waals surface area contributed by atoms with Crippen molar-refractivity contribution in [3.63, 3.8) is 0 Å². The van der Waals surface area contributed by atoms with E-state index in [2.05, 4.69) is 251 Å². The lowest BCUT2D eigenvalue weighted by Crippen LogP contribution is -2.63. The first-order chi connectivity index (χ1) is 34.1. The van der Waals surface area contributed by atoms with Crippen LogP contribution in [0.3, 0.4) is 0 Å². The molecule has 0 saturated heterocycles. The number of fused-ring (bicyclic) bond motifs is 17. The van der Waals surface area contributed by atoms with Crippen molar-refractivity contribution in [2.45, 2.75) is 60.7 Å². The van der Waals surface area contributed by atoms with Gasteiger partial charge in [-0.1, -0.05) is 210 Å². The molecule has 0 saturated carbocycles. The summed E-state index contributed by atoms with van der Waals surface area (Å²) in [5.41, 5.74) is 25.3. The zero-order chi connectivity index (χ0) is 46.8. The van der Waals surface area contributed by atoms with Gasteiger partial charge >= 0.3 is 6.85 Å². The average Bonchev–Trinajstić information content (AvgIpc) is 3.68. The maximum absolute atomic E-state index is 2.78. The number of benzene rings is 10. The van der Waals surface area contributed by atoms with E-state index in [1.807, 2.05) is 11.8 Å². The normalized spacial score (nSPS) is 15.6. The summed E-state index contributed by atoms with van der Waals surface area (Å²) in [5.74, 6) is 0. The van der Waals surface area contributed by atoms with Crippen LogP contribution in [0.25, 0.3) is 44.2 Å². The van der Waals surface area contributed by atoms with E-state index in [1.165, 1.54) is 132 Å². The second-order valence-corrected chi connectivity index (χ2v) is 22.6. The fourth-order valence-corrected chi connectivity index (χ4v) is 14.9. The smallest absolute Gasteiger partial charge is 0.333 e. The highest BCUT2D eigenvalue weighted by Gasteiger charge is 2.56. The van der Waals surface area contributed by atoms with Gasteiger partial charge in [0.1, 0.15) is 0 Å². The van der Waals surface area contributed by atoms with Gasteiger partial charge in [-0.2, -0.15) is 0 Å². The number of nitrogens with zero attached hydrogens (tertiary/aromatic N) is 2. The lowest BCUT2D eigenvalue weighted by atomic mass is 9.42. The Morgan fingerprint density at radius 2 is 1.09 bits per heavy atom. The molecule has 0 bridgehead atoms. The largest absolute Gasteiger partial charge is 0.376 e. The monoisotopic (exact) mass is 912 g/mol. The lowest BCUT2D eigenvalue weighted by Gasteiger charge is -2.53. The lowest BCUT2D eigenvalue weighted by molar-refractivity contribution is 0.590. The van der Waals surface area contributed by atoms with E-state index in [4.69, 9.17) is 0 Å². The zero-order valence-corrected chi connectivity index (χ0v) is 40.8. The van der Waals surface area contributed by atoms with Crippen LogP contribution in [0.1, 0.15) is 73.6 Å². The third-order valence-corrected chi connectivity index (χ3v) is 17.7. The first kappa shape index (κ1) is 40.4. The minimum Gasteiger partial charge on any atom is -0.376 e. The van der Waals surface area contributed by atoms with Crippen molar-refractivity contribution in [2.75, 3.05) is 9.71 Å². The van der Waals surface area contributed by atoms with Crippen LogP contribution in [0.2, 0.25) is 0 Å². The molecule has 15 rings (SSSR count). The molecule has 10 aromatic rings. The molecule has 0 N–H and O–H groups in total. The van der Waals surface area contributed by atoms with E-state index in [0.29, 0.717) is 0 Å². The van der Waals surface area contributed by atoms with E-state index in [0.717, 1.165) is 0 Å². The predicted molar refractivity (Wildman–Crippen MR) is 295 cm³/mol. The van der Waals surface area contributed by atoms with Crippen molar-refractivity contribution in [1.29, 1.82) is 0 Å². The Labute approximate surface area is 415 Å². The van der Waals surface area contributed by atoms with Gasteiger partial charge in [-0.3, -0.25) is 0 Å². The van der Waals surface area contributed by atoms with E-state index in [1.54, 1.807) is 0 Å². The number of hydrogen-bond acceptors (Lipinski definition) is 3. The molecule has 4 heteroatoms. The fourth-order valence-electron chi connectivity index (χ4n) is 13.5. The van der Waals surface area contributed by atoms with Crippen LogP contribution < -0.4 is 20.6 Å². The molecule has 0 aromatic heterocycles. The highest BCUT2D eigenvalue weighted by molar-refractivity contribution is 7.99. The second kappa shape index (κ2) is 14.1. The summed E-state index contributed by atoms with van der Waals surface area (Å²) >= 11 is 1.94. The Morgan fingerprint density at radius 1 is 0.443 bits per heavy atom. The third-order valence-electron chi connectivity index (χ3n) is 16.6. The van der Waals surface area contributed by atoms with E-state index in [-0.39, 0.29) is 17.7 Å². The summed E-state index contributed by atoms with van der Waals surface area (Å²) in [6, 6.07) is 79.3. The molecule has 10 aromatic carbocycles. The first-order valence-electron chi connectivity index (χ1n) is 24.9. The molecule has 1 aliphatic carbocycles. The Hall–Kier alpha value is -7.53. The van der Waals surface area contributed by atoms with Gasteiger partial charge in [0.05, 0.1) is 16.8 Å². The number of rotatable bonds is 2. The van der Waals surface area contributed by atoms with Gasteiger partial charge in [-0.15, -0.1) is 0 Å². The van der Waals surface area contributed by atoms with Gasteiger partial charge in [0, 0.05) is 48.8 Å². The summed E-state index contributed by atoms with van der Waals surface area (Å²) in [5, 5.41) is 2.50. The van der Waals surface area contributed by atoms with E-state index >= 15 is 0 Å². The Morgan fingerprint density at radius 3 is 1.86 bits per heavy atom. The van der Waals surface area contributed by atoms with Gasteiger partial charge < -0.3 is 9.71 Å². The van der Waals surface area contributed by atoms with Crippen molar-refractivity contribution in [3.05, 3.63) is 245 Å². The molecule has 70 heavy (non-hydrogen) atoms. The standard InChI is InChI=1S/C66H49BN2S/c1-64(2,3)42-34-35-56(47(37-42)40-20-7-6-8-21-40)68-58-38-54-60(70-59-33-18-16-30-52(59)65(54,4)5)39-55(58)67-61-48(36-41-22-9-10-23-43(41)63(61)68)46-26-19-31-53-62(46)69(67)57-32-17-15-29-51(57)66(53)49-27-13-11-24-44(49)45-25-12-14-28-50(45)66/h6-39H,1-5H3. The molecule has 0 atom stereocenters. The molecule has 2 nitrogen and oxygen atoms in total. The van der Waals surface area contributed by atoms with Gasteiger partial charge in [0.25, 0.3) is 0 Å². The quantitative estimate of drug-likeness (QED) is 0.160. The van der Waals surface area contributed by atoms with Crippen LogP contribution in [0.4, 0.5) is 28.4 Å². The molecule has 1 spiro atoms. The van der Waals surface area contributed by atoms with Gasteiger partial charge in [0.2, 0.25) is 0 Å². The summed E-state index contributed by atoms with van der Waals surface area (Å²) in [7, 11) is 0. The number of para-hydroxylation sites is 2. The van der Waals surface area contributed by atoms with Gasteiger partial charge in [0.15, 0.2) is 0 Å². The minimum absolute atomic E-state index is 0.0416. The molecule has 4 aliphatic heterocycles. The Bertz CT molecular complexity index is 3870. The van der Waals surface area contributed by atoms with Gasteiger partial charge in [-0.25, -0.2) is 0 Å². The van der Waals surface area contributed by atoms with Crippen LogP contribution in [-0.2, 0) is 16.2 Å². The van der Waals surface area contributed by atoms with Crippen molar-refractivity contribution in [3.8, 4) is 33.4 Å². The fraction of sp³-hybridized carbons (Fsp3) is 0.121. The van der Waals surface area contributed by atoms with Gasteiger partial charge in [-0.05, 0) is 125 Å². The third kappa shape index (κ3) is 5.12. The summed E-state index contributed by atoms with van der Waals surface area (Å²) in [6.07, 6.45) is 0. The Balaban J connectivity index is 1.12. The van der Waals surface area contributed by atoms with Crippen LogP contribution >= 0.6 is 11.8 Å².